The highest BCUT2D eigenvalue weighted by molar-refractivity contribution is 8.09. The minimum atomic E-state index is 0.272. The second kappa shape index (κ2) is 10.2. The van der Waals surface area contributed by atoms with Crippen LogP contribution in [0, 0.1) is 5.41 Å². The lowest BCUT2D eigenvalue weighted by Crippen LogP contribution is -2.31. The first-order valence-corrected chi connectivity index (χ1v) is 12.0. The van der Waals surface area contributed by atoms with E-state index >= 15 is 0 Å². The molecule has 0 bridgehead atoms. The molecule has 0 nitrogen and oxygen atoms in total. The molecule has 0 unspecified atom stereocenters. The number of benzene rings is 2. The fraction of sp³-hybridized carbons (Fsp3) is 0.360. The van der Waals surface area contributed by atoms with Crippen molar-refractivity contribution in [1.29, 1.82) is 0 Å². The Kier molecular flexibility index (Phi) is 7.72. The number of hydrogen-bond donors (Lipinski definition) is 0. The van der Waals surface area contributed by atoms with Crippen molar-refractivity contribution in [3.8, 4) is 0 Å². The van der Waals surface area contributed by atoms with Crippen LogP contribution < -0.4 is 0 Å². The van der Waals surface area contributed by atoms with E-state index in [1.807, 2.05) is 0 Å². The molecule has 1 heterocycles. The van der Waals surface area contributed by atoms with Gasteiger partial charge >= 0.3 is 0 Å². The van der Waals surface area contributed by atoms with E-state index in [9.17, 15) is 0 Å². The van der Waals surface area contributed by atoms with Crippen molar-refractivity contribution in [3.63, 3.8) is 0 Å². The van der Waals surface area contributed by atoms with Crippen molar-refractivity contribution in [3.05, 3.63) is 93.8 Å². The molecule has 0 spiro atoms. The van der Waals surface area contributed by atoms with Gasteiger partial charge in [-0.05, 0) is 42.2 Å². The summed E-state index contributed by atoms with van der Waals surface area (Å²) in [4.78, 5) is 2.99. The first-order valence-electron chi connectivity index (χ1n) is 9.99. The lowest BCUT2D eigenvalue weighted by atomic mass is 9.79. The number of thioether (sulfide) groups is 2. The Balaban J connectivity index is 1.91. The highest BCUT2D eigenvalue weighted by atomic mass is 32.2. The normalized spacial score (nSPS) is 19.9. The van der Waals surface area contributed by atoms with Crippen LogP contribution >= 0.6 is 23.5 Å². The molecule has 0 radical (unpaired) electrons. The molecule has 2 aromatic carbocycles. The smallest absolute Gasteiger partial charge is 0.0165 e. The fourth-order valence-corrected chi connectivity index (χ4v) is 6.70. The zero-order chi connectivity index (χ0) is 19.0. The third kappa shape index (κ3) is 5.80. The Morgan fingerprint density at radius 1 is 0.704 bits per heavy atom. The summed E-state index contributed by atoms with van der Waals surface area (Å²) in [5.74, 6) is 2.35. The molecule has 1 fully saturated rings. The van der Waals surface area contributed by atoms with Gasteiger partial charge in [-0.1, -0.05) is 86.7 Å². The van der Waals surface area contributed by atoms with Gasteiger partial charge in [-0.2, -0.15) is 0 Å². The second-order valence-corrected chi connectivity index (χ2v) is 9.39. The summed E-state index contributed by atoms with van der Waals surface area (Å²) in [6.45, 7) is 4.49. The molecule has 0 N–H and O–H groups in total. The molecule has 0 aliphatic carbocycles. The first-order chi connectivity index (χ1) is 13.2. The molecular weight excluding hydrogens is 364 g/mol. The van der Waals surface area contributed by atoms with Crippen molar-refractivity contribution in [2.45, 2.75) is 39.5 Å². The first kappa shape index (κ1) is 20.4. The topological polar surface area (TPSA) is 0 Å². The lowest BCUT2D eigenvalue weighted by Gasteiger charge is -2.32. The third-order valence-corrected chi connectivity index (χ3v) is 7.97. The Labute approximate surface area is 173 Å². The van der Waals surface area contributed by atoms with Gasteiger partial charge < -0.3 is 0 Å². The molecule has 0 saturated carbocycles. The van der Waals surface area contributed by atoms with Crippen molar-refractivity contribution < 1.29 is 0 Å². The van der Waals surface area contributed by atoms with Gasteiger partial charge in [0.1, 0.15) is 0 Å². The van der Waals surface area contributed by atoms with E-state index in [2.05, 4.69) is 110 Å². The van der Waals surface area contributed by atoms with Crippen LogP contribution in [0.1, 0.15) is 37.8 Å². The van der Waals surface area contributed by atoms with Crippen LogP contribution in [0.4, 0.5) is 0 Å². The maximum atomic E-state index is 2.42. The number of allylic oxidation sites excluding steroid dienone is 2. The quantitative estimate of drug-likeness (QED) is 0.496. The van der Waals surface area contributed by atoms with E-state index in [1.165, 1.54) is 32.4 Å². The van der Waals surface area contributed by atoms with Crippen LogP contribution in [0.5, 0.6) is 0 Å². The summed E-state index contributed by atoms with van der Waals surface area (Å²) >= 11 is 4.15. The second-order valence-electron chi connectivity index (χ2n) is 7.36. The molecule has 1 aliphatic heterocycles. The average molecular weight is 395 g/mol. The van der Waals surface area contributed by atoms with Crippen LogP contribution in [-0.2, 0) is 12.8 Å². The third-order valence-electron chi connectivity index (χ3n) is 4.93. The van der Waals surface area contributed by atoms with Crippen LogP contribution in [-0.4, -0.2) is 11.5 Å². The van der Waals surface area contributed by atoms with Gasteiger partial charge in [0.15, 0.2) is 0 Å². The van der Waals surface area contributed by atoms with Crippen molar-refractivity contribution in [2.24, 2.45) is 5.41 Å². The largest absolute Gasteiger partial charge is 0.125 e. The SMILES string of the molecule is CC/C=C1\SCC(Cc2ccccc2)(Cc2ccccc2)CS\C1=C/CC. The Hall–Kier alpha value is -1.38. The van der Waals surface area contributed by atoms with Gasteiger partial charge in [-0.15, -0.1) is 23.5 Å². The van der Waals surface area contributed by atoms with E-state index in [-0.39, 0.29) is 5.41 Å². The van der Waals surface area contributed by atoms with Gasteiger partial charge in [0.25, 0.3) is 0 Å². The predicted octanol–water partition coefficient (Wildman–Crippen LogP) is 7.53. The Morgan fingerprint density at radius 2 is 1.11 bits per heavy atom. The van der Waals surface area contributed by atoms with Crippen molar-refractivity contribution >= 4 is 23.5 Å². The van der Waals surface area contributed by atoms with Crippen LogP contribution in [0.3, 0.4) is 0 Å². The molecule has 27 heavy (non-hydrogen) atoms. The molecule has 2 heteroatoms. The molecule has 0 atom stereocenters. The summed E-state index contributed by atoms with van der Waals surface area (Å²) in [5, 5.41) is 0. The van der Waals surface area contributed by atoms with E-state index in [0.717, 1.165) is 25.7 Å². The summed E-state index contributed by atoms with van der Waals surface area (Å²) in [7, 11) is 0. The molecule has 3 rings (SSSR count). The van der Waals surface area contributed by atoms with Crippen LogP contribution in [0.15, 0.2) is 82.6 Å². The summed E-state index contributed by atoms with van der Waals surface area (Å²) < 4.78 is 0. The molecule has 2 aromatic rings. The summed E-state index contributed by atoms with van der Waals surface area (Å²) in [6, 6.07) is 22.1. The molecule has 0 amide bonds. The molecule has 142 valence electrons. The molecular formula is C25H30S2. The monoisotopic (exact) mass is 394 g/mol. The number of hydrogen-bond acceptors (Lipinski definition) is 2. The minimum absolute atomic E-state index is 0.272. The predicted molar refractivity (Wildman–Crippen MR) is 124 cm³/mol. The van der Waals surface area contributed by atoms with E-state index in [1.54, 1.807) is 0 Å². The summed E-state index contributed by atoms with van der Waals surface area (Å²) in [6.07, 6.45) is 9.33. The lowest BCUT2D eigenvalue weighted by molar-refractivity contribution is 0.381. The number of rotatable bonds is 6. The highest BCUT2D eigenvalue weighted by Crippen LogP contribution is 2.47. The standard InChI is InChI=1S/C25H30S2/c1-3-11-23-24(12-4-2)27-20-25(19-26-23,17-21-13-7-5-8-14-21)18-22-15-9-6-10-16-22/h5-16H,3-4,17-20H2,1-2H3/b23-11-,24-12-. The summed E-state index contributed by atoms with van der Waals surface area (Å²) in [5.41, 5.74) is 3.19. The zero-order valence-corrected chi connectivity index (χ0v) is 18.1. The van der Waals surface area contributed by atoms with E-state index in [0.29, 0.717) is 0 Å². The molecule has 1 aliphatic rings. The van der Waals surface area contributed by atoms with Crippen molar-refractivity contribution in [1.82, 2.24) is 0 Å². The van der Waals surface area contributed by atoms with E-state index in [4.69, 9.17) is 0 Å². The maximum Gasteiger partial charge on any atom is 0.0165 e. The fourth-order valence-electron chi connectivity index (χ4n) is 3.66. The zero-order valence-electron chi connectivity index (χ0n) is 16.5. The van der Waals surface area contributed by atoms with Crippen molar-refractivity contribution in [2.75, 3.05) is 11.5 Å². The van der Waals surface area contributed by atoms with Gasteiger partial charge in [0, 0.05) is 21.3 Å². The molecule has 0 aromatic heterocycles. The van der Waals surface area contributed by atoms with E-state index < -0.39 is 0 Å². The van der Waals surface area contributed by atoms with Gasteiger partial charge in [-0.25, -0.2) is 0 Å². The highest BCUT2D eigenvalue weighted by Gasteiger charge is 2.34. The van der Waals surface area contributed by atoms with Crippen LogP contribution in [0.25, 0.3) is 0 Å². The minimum Gasteiger partial charge on any atom is -0.125 e. The average Bonchev–Trinajstić information content (AvgIpc) is 2.85. The van der Waals surface area contributed by atoms with Crippen LogP contribution in [0.2, 0.25) is 0 Å². The Morgan fingerprint density at radius 3 is 1.48 bits per heavy atom. The van der Waals surface area contributed by atoms with Gasteiger partial charge in [0.05, 0.1) is 0 Å². The van der Waals surface area contributed by atoms with Gasteiger partial charge in [0.2, 0.25) is 0 Å². The molecule has 1 saturated heterocycles. The maximum absolute atomic E-state index is 2.42. The Bertz CT molecular complexity index is 692. The van der Waals surface area contributed by atoms with Gasteiger partial charge in [-0.3, -0.25) is 0 Å².